The van der Waals surface area contributed by atoms with Crippen LogP contribution in [0.1, 0.15) is 24.5 Å². The van der Waals surface area contributed by atoms with Crippen LogP contribution in [0.2, 0.25) is 5.02 Å². The minimum Gasteiger partial charge on any atom is -0.322 e. The highest BCUT2D eigenvalue weighted by molar-refractivity contribution is 6.32. The van der Waals surface area contributed by atoms with E-state index in [1.165, 1.54) is 6.08 Å². The van der Waals surface area contributed by atoms with E-state index in [1.54, 1.807) is 24.3 Å². The van der Waals surface area contributed by atoms with E-state index < -0.39 is 0 Å². The van der Waals surface area contributed by atoms with Gasteiger partial charge in [0, 0.05) is 28.2 Å². The van der Waals surface area contributed by atoms with Crippen molar-refractivity contribution in [3.8, 4) is 0 Å². The van der Waals surface area contributed by atoms with E-state index in [2.05, 4.69) is 17.2 Å². The molecule has 26 heavy (non-hydrogen) atoms. The molecule has 0 bridgehead atoms. The molecule has 2 aromatic carbocycles. The first kappa shape index (κ1) is 18.0. The maximum absolute atomic E-state index is 12.2. The Balaban J connectivity index is 1.81. The number of aryl methyl sites for hydroxylation is 1. The topological polar surface area (TPSA) is 62.0 Å². The molecule has 3 aromatic rings. The number of fused-ring (bicyclic) bond motifs is 1. The molecule has 5 heteroatoms. The van der Waals surface area contributed by atoms with Crippen LogP contribution in [-0.2, 0) is 11.2 Å². The molecule has 1 amide bonds. The van der Waals surface area contributed by atoms with Gasteiger partial charge in [0.2, 0.25) is 11.5 Å². The van der Waals surface area contributed by atoms with Gasteiger partial charge in [0.25, 0.3) is 0 Å². The van der Waals surface area contributed by atoms with E-state index >= 15 is 0 Å². The molecule has 3 rings (SSSR count). The van der Waals surface area contributed by atoms with Crippen molar-refractivity contribution in [1.82, 2.24) is 4.98 Å². The Labute approximate surface area is 156 Å². The predicted octanol–water partition coefficient (Wildman–Crippen LogP) is 4.79. The van der Waals surface area contributed by atoms with Crippen molar-refractivity contribution >= 4 is 40.2 Å². The fourth-order valence-corrected chi connectivity index (χ4v) is 3.04. The molecule has 0 aliphatic rings. The van der Waals surface area contributed by atoms with E-state index in [0.717, 1.165) is 29.4 Å². The Hall–Kier alpha value is -2.85. The van der Waals surface area contributed by atoms with Crippen LogP contribution in [0, 0.1) is 0 Å². The van der Waals surface area contributed by atoms with Crippen molar-refractivity contribution in [1.29, 1.82) is 0 Å². The Bertz CT molecular complexity index is 1040. The Kier molecular flexibility index (Phi) is 5.54. The highest BCUT2D eigenvalue weighted by Crippen LogP contribution is 2.21. The smallest absolute Gasteiger partial charge is 0.248 e. The molecule has 1 heterocycles. The maximum Gasteiger partial charge on any atom is 0.248 e. The molecule has 0 aliphatic carbocycles. The monoisotopic (exact) mass is 366 g/mol. The predicted molar refractivity (Wildman–Crippen MR) is 108 cm³/mol. The third kappa shape index (κ3) is 4.21. The van der Waals surface area contributed by atoms with E-state index in [9.17, 15) is 9.59 Å². The van der Waals surface area contributed by atoms with Crippen molar-refractivity contribution in [2.45, 2.75) is 19.8 Å². The standard InChI is InChI=1S/C21H19ClN2O2/c1-2-5-15-12-21(26)24-19-13-16(9-10-17(15)19)23-20(25)11-8-14-6-3-4-7-18(14)22/h3-4,6-13H,2,5H2,1H3,(H,23,25)(H,24,26)/b11-8+. The van der Waals surface area contributed by atoms with Crippen molar-refractivity contribution < 1.29 is 4.79 Å². The van der Waals surface area contributed by atoms with Crippen LogP contribution in [0.25, 0.3) is 17.0 Å². The van der Waals surface area contributed by atoms with Gasteiger partial charge in [-0.25, -0.2) is 0 Å². The van der Waals surface area contributed by atoms with Crippen LogP contribution in [0.3, 0.4) is 0 Å². The normalized spacial score (nSPS) is 11.2. The number of nitrogens with one attached hydrogen (secondary N) is 2. The molecule has 0 fully saturated rings. The number of carbonyl (C=O) groups is 1. The molecule has 0 atom stereocenters. The summed E-state index contributed by atoms with van der Waals surface area (Å²) in [6.45, 7) is 2.08. The zero-order chi connectivity index (χ0) is 18.5. The van der Waals surface area contributed by atoms with Crippen molar-refractivity contribution in [2.24, 2.45) is 0 Å². The summed E-state index contributed by atoms with van der Waals surface area (Å²) in [5.74, 6) is -0.267. The van der Waals surface area contributed by atoms with Crippen LogP contribution < -0.4 is 10.9 Å². The summed E-state index contributed by atoms with van der Waals surface area (Å²) in [7, 11) is 0. The summed E-state index contributed by atoms with van der Waals surface area (Å²) in [5, 5.41) is 4.39. The molecule has 0 saturated carbocycles. The van der Waals surface area contributed by atoms with E-state index in [1.807, 2.05) is 30.3 Å². The number of aromatic nitrogens is 1. The lowest BCUT2D eigenvalue weighted by atomic mass is 10.0. The second kappa shape index (κ2) is 8.02. The van der Waals surface area contributed by atoms with Crippen LogP contribution >= 0.6 is 11.6 Å². The van der Waals surface area contributed by atoms with Gasteiger partial charge in [-0.15, -0.1) is 0 Å². The van der Waals surface area contributed by atoms with Gasteiger partial charge in [-0.1, -0.05) is 49.2 Å². The summed E-state index contributed by atoms with van der Waals surface area (Å²) >= 11 is 6.07. The van der Waals surface area contributed by atoms with Crippen LogP contribution in [0.15, 0.2) is 59.4 Å². The Morgan fingerprint density at radius 1 is 1.19 bits per heavy atom. The SMILES string of the molecule is CCCc1cc(=O)[nH]c2cc(NC(=O)/C=C/c3ccccc3Cl)ccc12. The number of pyridine rings is 1. The van der Waals surface area contributed by atoms with E-state index in [4.69, 9.17) is 11.6 Å². The second-order valence-corrected chi connectivity index (χ2v) is 6.42. The first-order valence-electron chi connectivity index (χ1n) is 8.46. The molecule has 4 nitrogen and oxygen atoms in total. The third-order valence-corrected chi connectivity index (χ3v) is 4.38. The molecule has 0 aliphatic heterocycles. The van der Waals surface area contributed by atoms with Gasteiger partial charge < -0.3 is 10.3 Å². The summed E-state index contributed by atoms with van der Waals surface area (Å²) < 4.78 is 0. The van der Waals surface area contributed by atoms with Gasteiger partial charge in [-0.05, 0) is 41.8 Å². The number of carbonyl (C=O) groups excluding carboxylic acids is 1. The molecular formula is C21H19ClN2O2. The maximum atomic E-state index is 12.2. The number of halogens is 1. The zero-order valence-corrected chi connectivity index (χ0v) is 15.1. The van der Waals surface area contributed by atoms with Gasteiger partial charge in [-0.2, -0.15) is 0 Å². The Morgan fingerprint density at radius 2 is 2.00 bits per heavy atom. The number of aromatic amines is 1. The van der Waals surface area contributed by atoms with Crippen molar-refractivity contribution in [2.75, 3.05) is 5.32 Å². The third-order valence-electron chi connectivity index (χ3n) is 4.04. The summed E-state index contributed by atoms with van der Waals surface area (Å²) in [6, 6.07) is 14.5. The van der Waals surface area contributed by atoms with Gasteiger partial charge in [0.15, 0.2) is 0 Å². The Morgan fingerprint density at radius 3 is 2.77 bits per heavy atom. The number of H-pyrrole nitrogens is 1. The number of benzene rings is 2. The van der Waals surface area contributed by atoms with E-state index in [0.29, 0.717) is 16.2 Å². The molecule has 1 aromatic heterocycles. The highest BCUT2D eigenvalue weighted by Gasteiger charge is 2.05. The van der Waals surface area contributed by atoms with Gasteiger partial charge in [0.05, 0.1) is 5.52 Å². The lowest BCUT2D eigenvalue weighted by Gasteiger charge is -2.08. The van der Waals surface area contributed by atoms with Crippen molar-refractivity contribution in [3.63, 3.8) is 0 Å². The van der Waals surface area contributed by atoms with E-state index in [-0.39, 0.29) is 11.5 Å². The summed E-state index contributed by atoms with van der Waals surface area (Å²) in [5.41, 5.74) is 2.99. The number of anilines is 1. The summed E-state index contributed by atoms with van der Waals surface area (Å²) in [4.78, 5) is 26.8. The molecule has 0 spiro atoms. The number of rotatable bonds is 5. The molecular weight excluding hydrogens is 348 g/mol. The van der Waals surface area contributed by atoms with Crippen molar-refractivity contribution in [3.05, 3.63) is 81.1 Å². The largest absolute Gasteiger partial charge is 0.322 e. The average molecular weight is 367 g/mol. The molecule has 132 valence electrons. The first-order valence-corrected chi connectivity index (χ1v) is 8.84. The molecule has 0 radical (unpaired) electrons. The lowest BCUT2D eigenvalue weighted by Crippen LogP contribution is -2.09. The first-order chi connectivity index (χ1) is 12.6. The summed E-state index contributed by atoms with van der Waals surface area (Å²) in [6.07, 6.45) is 4.90. The number of hydrogen-bond donors (Lipinski definition) is 2. The van der Waals surface area contributed by atoms with Crippen LogP contribution in [-0.4, -0.2) is 10.9 Å². The van der Waals surface area contributed by atoms with Gasteiger partial charge >= 0.3 is 0 Å². The van der Waals surface area contributed by atoms with Gasteiger partial charge in [-0.3, -0.25) is 9.59 Å². The van der Waals surface area contributed by atoms with Crippen LogP contribution in [0.4, 0.5) is 5.69 Å². The second-order valence-electron chi connectivity index (χ2n) is 6.01. The molecule has 0 saturated heterocycles. The zero-order valence-electron chi connectivity index (χ0n) is 14.4. The average Bonchev–Trinajstić information content (AvgIpc) is 2.61. The fourth-order valence-electron chi connectivity index (χ4n) is 2.85. The quantitative estimate of drug-likeness (QED) is 0.638. The lowest BCUT2D eigenvalue weighted by molar-refractivity contribution is -0.111. The fraction of sp³-hybridized carbons (Fsp3) is 0.143. The highest BCUT2D eigenvalue weighted by atomic mass is 35.5. The minimum absolute atomic E-state index is 0.136. The minimum atomic E-state index is -0.267. The molecule has 0 unspecified atom stereocenters. The van der Waals surface area contributed by atoms with Crippen LogP contribution in [0.5, 0.6) is 0 Å². The molecule has 2 N–H and O–H groups in total. The number of hydrogen-bond acceptors (Lipinski definition) is 2. The van der Waals surface area contributed by atoms with Gasteiger partial charge in [0.1, 0.15) is 0 Å². The number of amides is 1.